The minimum Gasteiger partial charge on any atom is -0.497 e. The molecule has 0 fully saturated rings. The summed E-state index contributed by atoms with van der Waals surface area (Å²) >= 11 is 1.39. The first-order valence-electron chi connectivity index (χ1n) is 5.83. The zero-order valence-electron chi connectivity index (χ0n) is 11.1. The number of aryl methyl sites for hydroxylation is 2. The number of nitrogen functional groups attached to an aromatic ring is 1. The van der Waals surface area contributed by atoms with Crippen molar-refractivity contribution in [1.29, 1.82) is 0 Å². The van der Waals surface area contributed by atoms with Crippen LogP contribution in [0.4, 0.5) is 11.4 Å². The Labute approximate surface area is 116 Å². The van der Waals surface area contributed by atoms with E-state index in [4.69, 9.17) is 10.5 Å². The number of nitrogens with one attached hydrogen (secondary N) is 1. The number of thiophene rings is 1. The van der Waals surface area contributed by atoms with Crippen LogP contribution in [0.1, 0.15) is 20.1 Å². The molecule has 0 aliphatic rings. The summed E-state index contributed by atoms with van der Waals surface area (Å²) in [5.41, 5.74) is 8.13. The van der Waals surface area contributed by atoms with Crippen molar-refractivity contribution >= 4 is 28.6 Å². The number of hydrogen-bond acceptors (Lipinski definition) is 4. The van der Waals surface area contributed by atoms with Crippen molar-refractivity contribution in [2.75, 3.05) is 18.2 Å². The lowest BCUT2D eigenvalue weighted by atomic mass is 10.2. The van der Waals surface area contributed by atoms with E-state index in [1.54, 1.807) is 13.2 Å². The Morgan fingerprint density at radius 2 is 2.05 bits per heavy atom. The van der Waals surface area contributed by atoms with Gasteiger partial charge in [-0.2, -0.15) is 0 Å². The summed E-state index contributed by atoms with van der Waals surface area (Å²) in [6, 6.07) is 7.23. The quantitative estimate of drug-likeness (QED) is 0.904. The second-order valence-corrected chi connectivity index (χ2v) is 5.51. The van der Waals surface area contributed by atoms with E-state index in [1.807, 2.05) is 32.0 Å². The molecule has 100 valence electrons. The maximum absolute atomic E-state index is 12.1. The molecule has 1 heterocycles. The number of hydrogen-bond donors (Lipinski definition) is 2. The summed E-state index contributed by atoms with van der Waals surface area (Å²) in [4.78, 5) is 13.7. The number of carbonyl (C=O) groups is 1. The van der Waals surface area contributed by atoms with Gasteiger partial charge in [-0.1, -0.05) is 0 Å². The highest BCUT2D eigenvalue weighted by atomic mass is 32.1. The van der Waals surface area contributed by atoms with Gasteiger partial charge in [0.15, 0.2) is 0 Å². The van der Waals surface area contributed by atoms with Crippen LogP contribution in [0.3, 0.4) is 0 Å². The van der Waals surface area contributed by atoms with Gasteiger partial charge in [0.2, 0.25) is 0 Å². The van der Waals surface area contributed by atoms with Gasteiger partial charge in [-0.3, -0.25) is 4.79 Å². The first-order valence-corrected chi connectivity index (χ1v) is 6.65. The molecule has 19 heavy (non-hydrogen) atoms. The molecule has 1 amide bonds. The minimum absolute atomic E-state index is 0.141. The molecular weight excluding hydrogens is 260 g/mol. The maximum atomic E-state index is 12.1. The van der Waals surface area contributed by atoms with Crippen molar-refractivity contribution < 1.29 is 9.53 Å². The van der Waals surface area contributed by atoms with Gasteiger partial charge in [0.05, 0.1) is 12.0 Å². The van der Waals surface area contributed by atoms with Crippen molar-refractivity contribution in [3.05, 3.63) is 39.6 Å². The number of rotatable bonds is 3. The predicted molar refractivity (Wildman–Crippen MR) is 79.2 cm³/mol. The number of ether oxygens (including phenoxy) is 1. The van der Waals surface area contributed by atoms with Gasteiger partial charge in [0.1, 0.15) is 5.75 Å². The zero-order chi connectivity index (χ0) is 14.0. The monoisotopic (exact) mass is 276 g/mol. The Bertz CT molecular complexity index is 600. The Hall–Kier alpha value is -2.01. The van der Waals surface area contributed by atoms with Crippen molar-refractivity contribution in [3.8, 4) is 5.75 Å². The molecule has 0 bridgehead atoms. The summed E-state index contributed by atoms with van der Waals surface area (Å²) < 4.78 is 5.13. The zero-order valence-corrected chi connectivity index (χ0v) is 11.9. The number of anilines is 2. The van der Waals surface area contributed by atoms with Gasteiger partial charge in [0, 0.05) is 16.3 Å². The SMILES string of the molecule is COc1ccc(NC(=O)c2cc(N)c(C)s2)c(C)c1. The van der Waals surface area contributed by atoms with Gasteiger partial charge < -0.3 is 15.8 Å². The van der Waals surface area contributed by atoms with Crippen LogP contribution < -0.4 is 15.8 Å². The van der Waals surface area contributed by atoms with Crippen LogP contribution in [-0.2, 0) is 0 Å². The van der Waals surface area contributed by atoms with E-state index in [1.165, 1.54) is 11.3 Å². The first-order chi connectivity index (χ1) is 9.01. The van der Waals surface area contributed by atoms with E-state index < -0.39 is 0 Å². The van der Waals surface area contributed by atoms with Gasteiger partial charge >= 0.3 is 0 Å². The molecule has 2 rings (SSSR count). The Morgan fingerprint density at radius 1 is 1.32 bits per heavy atom. The molecule has 0 aliphatic carbocycles. The fourth-order valence-electron chi connectivity index (χ4n) is 1.70. The number of methoxy groups -OCH3 is 1. The predicted octanol–water partition coefficient (Wildman–Crippen LogP) is 3.21. The maximum Gasteiger partial charge on any atom is 0.265 e. The second kappa shape index (κ2) is 5.32. The highest BCUT2D eigenvalue weighted by Gasteiger charge is 2.12. The molecule has 1 aromatic carbocycles. The highest BCUT2D eigenvalue weighted by molar-refractivity contribution is 7.14. The fraction of sp³-hybridized carbons (Fsp3) is 0.214. The van der Waals surface area contributed by atoms with Gasteiger partial charge in [-0.25, -0.2) is 0 Å². The third-order valence-corrected chi connectivity index (χ3v) is 3.93. The normalized spacial score (nSPS) is 10.3. The summed E-state index contributed by atoms with van der Waals surface area (Å²) in [6.45, 7) is 3.82. The van der Waals surface area contributed by atoms with E-state index >= 15 is 0 Å². The van der Waals surface area contributed by atoms with Gasteiger partial charge in [-0.05, 0) is 43.7 Å². The molecule has 4 nitrogen and oxygen atoms in total. The first kappa shape index (κ1) is 13.4. The molecule has 0 atom stereocenters. The van der Waals surface area contributed by atoms with E-state index in [9.17, 15) is 4.79 Å². The average Bonchev–Trinajstić information content (AvgIpc) is 2.72. The molecule has 5 heteroatoms. The lowest BCUT2D eigenvalue weighted by molar-refractivity contribution is 0.103. The molecule has 0 radical (unpaired) electrons. The molecule has 3 N–H and O–H groups in total. The molecular formula is C14H16N2O2S. The van der Waals surface area contributed by atoms with Crippen LogP contribution in [0, 0.1) is 13.8 Å². The minimum atomic E-state index is -0.141. The molecule has 0 aliphatic heterocycles. The molecule has 0 saturated heterocycles. The van der Waals surface area contributed by atoms with E-state index in [-0.39, 0.29) is 5.91 Å². The highest BCUT2D eigenvalue weighted by Crippen LogP contribution is 2.26. The van der Waals surface area contributed by atoms with E-state index in [2.05, 4.69) is 5.32 Å². The van der Waals surface area contributed by atoms with Crippen LogP contribution >= 0.6 is 11.3 Å². The number of carbonyl (C=O) groups excluding carboxylic acids is 1. The molecule has 0 saturated carbocycles. The number of benzene rings is 1. The van der Waals surface area contributed by atoms with Crippen LogP contribution in [0.15, 0.2) is 24.3 Å². The van der Waals surface area contributed by atoms with Gasteiger partial charge in [-0.15, -0.1) is 11.3 Å². The Balaban J connectivity index is 2.19. The van der Waals surface area contributed by atoms with E-state index in [0.717, 1.165) is 21.9 Å². The molecule has 2 aromatic rings. The van der Waals surface area contributed by atoms with E-state index in [0.29, 0.717) is 10.6 Å². The van der Waals surface area contributed by atoms with Crippen LogP contribution in [0.25, 0.3) is 0 Å². The van der Waals surface area contributed by atoms with Crippen LogP contribution in [0.2, 0.25) is 0 Å². The van der Waals surface area contributed by atoms with Crippen molar-refractivity contribution in [2.24, 2.45) is 0 Å². The topological polar surface area (TPSA) is 64.3 Å². The summed E-state index contributed by atoms with van der Waals surface area (Å²) in [5, 5.41) is 2.88. The lowest BCUT2D eigenvalue weighted by Crippen LogP contribution is -2.11. The van der Waals surface area contributed by atoms with Crippen LogP contribution in [0.5, 0.6) is 5.75 Å². The Kier molecular flexibility index (Phi) is 3.76. The third kappa shape index (κ3) is 2.88. The average molecular weight is 276 g/mol. The van der Waals surface area contributed by atoms with Crippen molar-refractivity contribution in [3.63, 3.8) is 0 Å². The van der Waals surface area contributed by atoms with Crippen molar-refractivity contribution in [2.45, 2.75) is 13.8 Å². The molecule has 0 unspecified atom stereocenters. The van der Waals surface area contributed by atoms with Gasteiger partial charge in [0.25, 0.3) is 5.91 Å². The number of amides is 1. The van der Waals surface area contributed by atoms with Crippen LogP contribution in [-0.4, -0.2) is 13.0 Å². The second-order valence-electron chi connectivity index (χ2n) is 4.26. The lowest BCUT2D eigenvalue weighted by Gasteiger charge is -2.09. The Morgan fingerprint density at radius 3 is 2.58 bits per heavy atom. The fourth-order valence-corrected chi connectivity index (χ4v) is 2.53. The number of nitrogens with two attached hydrogens (primary N) is 1. The largest absolute Gasteiger partial charge is 0.497 e. The summed E-state index contributed by atoms with van der Waals surface area (Å²) in [6.07, 6.45) is 0. The summed E-state index contributed by atoms with van der Waals surface area (Å²) in [7, 11) is 1.62. The summed E-state index contributed by atoms with van der Waals surface area (Å²) in [5.74, 6) is 0.629. The molecule has 0 spiro atoms. The third-order valence-electron chi connectivity index (χ3n) is 2.86. The standard InChI is InChI=1S/C14H16N2O2S/c1-8-6-10(18-3)4-5-12(8)16-14(17)13-7-11(15)9(2)19-13/h4-7H,15H2,1-3H3,(H,16,17). The smallest absolute Gasteiger partial charge is 0.265 e. The molecule has 1 aromatic heterocycles. The van der Waals surface area contributed by atoms with Crippen molar-refractivity contribution in [1.82, 2.24) is 0 Å².